The van der Waals surface area contributed by atoms with Crippen LogP contribution in [0.3, 0.4) is 0 Å². The van der Waals surface area contributed by atoms with Crippen LogP contribution in [0.5, 0.6) is 0 Å². The van der Waals surface area contributed by atoms with Gasteiger partial charge in [-0.2, -0.15) is 0 Å². The first-order chi connectivity index (χ1) is 8.74. The SMILES string of the molecule is CC1CCc2ccccc2N1C(=O)CCCCBr. The summed E-state index contributed by atoms with van der Waals surface area (Å²) in [6, 6.07) is 8.63. The van der Waals surface area contributed by atoms with Crippen molar-refractivity contribution in [3.8, 4) is 0 Å². The fourth-order valence-corrected chi connectivity index (χ4v) is 2.96. The van der Waals surface area contributed by atoms with E-state index >= 15 is 0 Å². The number of nitrogens with zero attached hydrogens (tertiary/aromatic N) is 1. The van der Waals surface area contributed by atoms with E-state index in [0.717, 1.165) is 36.7 Å². The normalized spacial score (nSPS) is 18.6. The Morgan fingerprint density at radius 1 is 1.39 bits per heavy atom. The summed E-state index contributed by atoms with van der Waals surface area (Å²) < 4.78 is 0. The first-order valence-corrected chi connectivity index (χ1v) is 7.82. The molecule has 0 bridgehead atoms. The van der Waals surface area contributed by atoms with Gasteiger partial charge in [0.25, 0.3) is 0 Å². The van der Waals surface area contributed by atoms with Crippen molar-refractivity contribution < 1.29 is 4.79 Å². The first-order valence-electron chi connectivity index (χ1n) is 6.70. The van der Waals surface area contributed by atoms with Crippen molar-refractivity contribution in [3.05, 3.63) is 29.8 Å². The minimum absolute atomic E-state index is 0.274. The summed E-state index contributed by atoms with van der Waals surface area (Å²) in [5.41, 5.74) is 2.43. The maximum absolute atomic E-state index is 12.4. The number of aryl methyl sites for hydroxylation is 1. The largest absolute Gasteiger partial charge is 0.309 e. The first kappa shape index (κ1) is 13.6. The van der Waals surface area contributed by atoms with Gasteiger partial charge in [0.1, 0.15) is 0 Å². The summed E-state index contributed by atoms with van der Waals surface area (Å²) in [5.74, 6) is 0.274. The lowest BCUT2D eigenvalue weighted by molar-refractivity contribution is -0.119. The molecule has 1 aliphatic rings. The zero-order chi connectivity index (χ0) is 13.0. The average molecular weight is 310 g/mol. The number of alkyl halides is 1. The van der Waals surface area contributed by atoms with Crippen LogP contribution in [0.4, 0.5) is 5.69 Å². The van der Waals surface area contributed by atoms with Gasteiger partial charge in [0.15, 0.2) is 0 Å². The van der Waals surface area contributed by atoms with Crippen LogP contribution in [0.25, 0.3) is 0 Å². The van der Waals surface area contributed by atoms with Crippen molar-refractivity contribution >= 4 is 27.5 Å². The van der Waals surface area contributed by atoms with Crippen LogP contribution in [-0.4, -0.2) is 17.3 Å². The molecule has 1 heterocycles. The number of unbranched alkanes of at least 4 members (excludes halogenated alkanes) is 1. The molecule has 0 radical (unpaired) electrons. The third-order valence-corrected chi connectivity index (χ3v) is 4.13. The summed E-state index contributed by atoms with van der Waals surface area (Å²) >= 11 is 3.41. The van der Waals surface area contributed by atoms with Crippen molar-refractivity contribution in [3.63, 3.8) is 0 Å². The van der Waals surface area contributed by atoms with Gasteiger partial charge in [-0.15, -0.1) is 0 Å². The molecule has 1 aromatic rings. The van der Waals surface area contributed by atoms with E-state index in [1.54, 1.807) is 0 Å². The van der Waals surface area contributed by atoms with Crippen LogP contribution in [-0.2, 0) is 11.2 Å². The van der Waals surface area contributed by atoms with Crippen molar-refractivity contribution in [2.75, 3.05) is 10.2 Å². The average Bonchev–Trinajstić information content (AvgIpc) is 2.38. The molecule has 0 N–H and O–H groups in total. The molecule has 1 amide bonds. The molecular formula is C15H20BrNO. The van der Waals surface area contributed by atoms with E-state index in [9.17, 15) is 4.79 Å². The number of halogens is 1. The summed E-state index contributed by atoms with van der Waals surface area (Å²) in [7, 11) is 0. The standard InChI is InChI=1S/C15H20BrNO/c1-12-9-10-13-6-2-3-7-14(13)17(12)15(18)8-4-5-11-16/h2-3,6-7,12H,4-5,8-11H2,1H3. The molecule has 0 spiro atoms. The number of para-hydroxylation sites is 1. The summed E-state index contributed by atoms with van der Waals surface area (Å²) in [6.07, 6.45) is 4.85. The van der Waals surface area contributed by atoms with Gasteiger partial charge in [-0.1, -0.05) is 34.1 Å². The fourth-order valence-electron chi connectivity index (χ4n) is 2.56. The number of hydrogen-bond donors (Lipinski definition) is 0. The number of fused-ring (bicyclic) bond motifs is 1. The second-order valence-corrected chi connectivity index (χ2v) is 5.72. The topological polar surface area (TPSA) is 20.3 Å². The summed E-state index contributed by atoms with van der Waals surface area (Å²) in [4.78, 5) is 14.4. The van der Waals surface area contributed by atoms with Crippen molar-refractivity contribution in [2.24, 2.45) is 0 Å². The molecule has 2 rings (SSSR count). The number of anilines is 1. The lowest BCUT2D eigenvalue weighted by atomic mass is 9.96. The Hall–Kier alpha value is -0.830. The van der Waals surface area contributed by atoms with Crippen molar-refractivity contribution in [2.45, 2.75) is 45.1 Å². The summed E-state index contributed by atoms with van der Waals surface area (Å²) in [5, 5.41) is 0.979. The van der Waals surface area contributed by atoms with Gasteiger partial charge >= 0.3 is 0 Å². The van der Waals surface area contributed by atoms with Gasteiger partial charge in [0.2, 0.25) is 5.91 Å². The lowest BCUT2D eigenvalue weighted by Crippen LogP contribution is -2.42. The van der Waals surface area contributed by atoms with E-state index in [2.05, 4.69) is 41.1 Å². The van der Waals surface area contributed by atoms with Crippen molar-refractivity contribution in [1.82, 2.24) is 0 Å². The monoisotopic (exact) mass is 309 g/mol. The second-order valence-electron chi connectivity index (χ2n) is 4.93. The second kappa shape index (κ2) is 6.37. The molecule has 0 aromatic heterocycles. The molecule has 2 nitrogen and oxygen atoms in total. The van der Waals surface area contributed by atoms with Gasteiger partial charge in [0, 0.05) is 23.5 Å². The predicted octanol–water partition coefficient (Wildman–Crippen LogP) is 3.92. The highest BCUT2D eigenvalue weighted by atomic mass is 79.9. The Morgan fingerprint density at radius 2 is 2.17 bits per heavy atom. The molecule has 1 aromatic carbocycles. The van der Waals surface area contributed by atoms with E-state index in [0.29, 0.717) is 12.5 Å². The van der Waals surface area contributed by atoms with E-state index in [4.69, 9.17) is 0 Å². The Bertz CT molecular complexity index is 419. The predicted molar refractivity (Wildman–Crippen MR) is 79.4 cm³/mol. The van der Waals surface area contributed by atoms with E-state index < -0.39 is 0 Å². The zero-order valence-corrected chi connectivity index (χ0v) is 12.4. The van der Waals surface area contributed by atoms with Crippen LogP contribution >= 0.6 is 15.9 Å². The van der Waals surface area contributed by atoms with Gasteiger partial charge < -0.3 is 4.90 Å². The van der Waals surface area contributed by atoms with Gasteiger partial charge in [-0.3, -0.25) is 4.79 Å². The van der Waals surface area contributed by atoms with Crippen LogP contribution < -0.4 is 4.90 Å². The van der Waals surface area contributed by atoms with Crippen LogP contribution in [0.2, 0.25) is 0 Å². The number of benzene rings is 1. The third kappa shape index (κ3) is 2.94. The molecule has 1 aliphatic heterocycles. The molecule has 0 saturated heterocycles. The molecule has 18 heavy (non-hydrogen) atoms. The molecule has 0 aliphatic carbocycles. The van der Waals surface area contributed by atoms with E-state index in [1.165, 1.54) is 5.56 Å². The minimum Gasteiger partial charge on any atom is -0.309 e. The number of carbonyl (C=O) groups is 1. The van der Waals surface area contributed by atoms with E-state index in [1.807, 2.05) is 11.0 Å². The fraction of sp³-hybridized carbons (Fsp3) is 0.533. The molecule has 1 atom stereocenters. The Morgan fingerprint density at radius 3 is 2.94 bits per heavy atom. The Balaban J connectivity index is 2.13. The van der Waals surface area contributed by atoms with Crippen LogP contribution in [0, 0.1) is 0 Å². The molecule has 3 heteroatoms. The molecule has 98 valence electrons. The smallest absolute Gasteiger partial charge is 0.227 e. The summed E-state index contributed by atoms with van der Waals surface area (Å²) in [6.45, 7) is 2.15. The number of carbonyl (C=O) groups excluding carboxylic acids is 1. The van der Waals surface area contributed by atoms with Gasteiger partial charge in [-0.25, -0.2) is 0 Å². The molecule has 0 fully saturated rings. The number of amides is 1. The maximum atomic E-state index is 12.4. The Labute approximate surface area is 117 Å². The van der Waals surface area contributed by atoms with Crippen molar-refractivity contribution in [1.29, 1.82) is 0 Å². The zero-order valence-electron chi connectivity index (χ0n) is 10.9. The Kier molecular flexibility index (Phi) is 4.81. The molecule has 0 saturated carbocycles. The highest BCUT2D eigenvalue weighted by molar-refractivity contribution is 9.09. The highest BCUT2D eigenvalue weighted by Crippen LogP contribution is 2.31. The molecule has 1 unspecified atom stereocenters. The van der Waals surface area contributed by atoms with Gasteiger partial charge in [0.05, 0.1) is 0 Å². The van der Waals surface area contributed by atoms with Crippen LogP contribution in [0.15, 0.2) is 24.3 Å². The van der Waals surface area contributed by atoms with E-state index in [-0.39, 0.29) is 5.91 Å². The molecular weight excluding hydrogens is 290 g/mol. The number of rotatable bonds is 4. The quantitative estimate of drug-likeness (QED) is 0.610. The number of hydrogen-bond acceptors (Lipinski definition) is 1. The minimum atomic E-state index is 0.274. The lowest BCUT2D eigenvalue weighted by Gasteiger charge is -2.35. The van der Waals surface area contributed by atoms with Gasteiger partial charge in [-0.05, 0) is 44.2 Å². The maximum Gasteiger partial charge on any atom is 0.227 e. The third-order valence-electron chi connectivity index (χ3n) is 3.57. The highest BCUT2D eigenvalue weighted by Gasteiger charge is 2.27. The van der Waals surface area contributed by atoms with Crippen LogP contribution in [0.1, 0.15) is 38.2 Å².